The molecule has 0 saturated heterocycles. The van der Waals surface area contributed by atoms with Gasteiger partial charge in [0.15, 0.2) is 23.9 Å². The number of carbonyl (C=O) groups excluding carboxylic acids is 2. The van der Waals surface area contributed by atoms with E-state index in [1.165, 1.54) is 0 Å². The fraction of sp³-hybridized carbons (Fsp3) is 0.200. The van der Waals surface area contributed by atoms with Crippen molar-refractivity contribution in [3.05, 3.63) is 58.7 Å². The number of aromatic amines is 1. The van der Waals surface area contributed by atoms with Crippen molar-refractivity contribution in [1.82, 2.24) is 4.98 Å². The van der Waals surface area contributed by atoms with E-state index in [9.17, 15) is 9.59 Å². The third kappa shape index (κ3) is 3.48. The van der Waals surface area contributed by atoms with Gasteiger partial charge in [0, 0.05) is 22.9 Å². The first-order valence-corrected chi connectivity index (χ1v) is 8.87. The molecule has 3 aromatic rings. The van der Waals surface area contributed by atoms with Gasteiger partial charge in [0.25, 0.3) is 0 Å². The lowest BCUT2D eigenvalue weighted by Crippen LogP contribution is -2.15. The van der Waals surface area contributed by atoms with Crippen LogP contribution in [0.3, 0.4) is 0 Å². The van der Waals surface area contributed by atoms with Gasteiger partial charge in [-0.1, -0.05) is 29.8 Å². The Bertz CT molecular complexity index is 1030. The number of aromatic nitrogens is 1. The zero-order valence-corrected chi connectivity index (χ0v) is 15.0. The Hall–Kier alpha value is -2.99. The third-order valence-corrected chi connectivity index (χ3v) is 4.64. The molecule has 1 aliphatic heterocycles. The smallest absolute Gasteiger partial charge is 0.356 e. The van der Waals surface area contributed by atoms with Gasteiger partial charge in [-0.2, -0.15) is 0 Å². The number of esters is 1. The van der Waals surface area contributed by atoms with E-state index >= 15 is 0 Å². The van der Waals surface area contributed by atoms with Crippen LogP contribution in [0.4, 0.5) is 0 Å². The van der Waals surface area contributed by atoms with Crippen LogP contribution in [0, 0.1) is 0 Å². The SMILES string of the molecule is O=C(COC(=O)c1[nH]c2ccccc2c1Cl)c1ccc2c(c1)OCCCO2. The molecule has 0 amide bonds. The van der Waals surface area contributed by atoms with Gasteiger partial charge >= 0.3 is 5.97 Å². The van der Waals surface area contributed by atoms with Gasteiger partial charge in [-0.25, -0.2) is 4.79 Å². The molecule has 0 spiro atoms. The lowest BCUT2D eigenvalue weighted by molar-refractivity contribution is 0.0470. The normalized spacial score (nSPS) is 13.2. The topological polar surface area (TPSA) is 77.6 Å². The molecule has 1 aromatic heterocycles. The summed E-state index contributed by atoms with van der Waals surface area (Å²) in [5.74, 6) is 0.0966. The van der Waals surface area contributed by atoms with Gasteiger partial charge < -0.3 is 19.2 Å². The molecule has 6 nitrogen and oxygen atoms in total. The summed E-state index contributed by atoms with van der Waals surface area (Å²) in [5.41, 5.74) is 1.24. The molecule has 0 bridgehead atoms. The Labute approximate surface area is 160 Å². The molecule has 0 radical (unpaired) electrons. The van der Waals surface area contributed by atoms with Crippen LogP contribution in [0.5, 0.6) is 11.5 Å². The maximum absolute atomic E-state index is 12.4. The second-order valence-electron chi connectivity index (χ2n) is 6.07. The summed E-state index contributed by atoms with van der Waals surface area (Å²) in [4.78, 5) is 27.6. The van der Waals surface area contributed by atoms with Gasteiger partial charge in [0.2, 0.25) is 0 Å². The fourth-order valence-corrected chi connectivity index (χ4v) is 3.16. The number of rotatable bonds is 4. The second kappa shape index (κ2) is 7.32. The van der Waals surface area contributed by atoms with E-state index in [1.807, 2.05) is 12.1 Å². The van der Waals surface area contributed by atoms with E-state index in [-0.39, 0.29) is 16.5 Å². The number of ketones is 1. The number of para-hydroxylation sites is 1. The molecule has 27 heavy (non-hydrogen) atoms. The van der Waals surface area contributed by atoms with E-state index in [1.54, 1.807) is 30.3 Å². The van der Waals surface area contributed by atoms with Crippen molar-refractivity contribution in [3.63, 3.8) is 0 Å². The first-order chi connectivity index (χ1) is 13.1. The zero-order valence-electron chi connectivity index (χ0n) is 14.3. The molecule has 0 aliphatic carbocycles. The highest BCUT2D eigenvalue weighted by molar-refractivity contribution is 6.38. The molecule has 2 heterocycles. The van der Waals surface area contributed by atoms with Crippen molar-refractivity contribution in [2.45, 2.75) is 6.42 Å². The molecule has 1 aliphatic rings. The summed E-state index contributed by atoms with van der Waals surface area (Å²) in [6.07, 6.45) is 0.779. The molecular weight excluding hydrogens is 370 g/mol. The monoisotopic (exact) mass is 385 g/mol. The number of H-pyrrole nitrogens is 1. The van der Waals surface area contributed by atoms with Gasteiger partial charge in [-0.3, -0.25) is 4.79 Å². The number of ether oxygens (including phenoxy) is 3. The number of halogens is 1. The average Bonchev–Trinajstić information content (AvgIpc) is 2.87. The average molecular weight is 386 g/mol. The minimum atomic E-state index is -0.682. The van der Waals surface area contributed by atoms with Gasteiger partial charge in [-0.05, 0) is 24.3 Å². The van der Waals surface area contributed by atoms with E-state index < -0.39 is 12.6 Å². The lowest BCUT2D eigenvalue weighted by atomic mass is 10.1. The van der Waals surface area contributed by atoms with Crippen LogP contribution in [0.2, 0.25) is 5.02 Å². The number of benzene rings is 2. The van der Waals surface area contributed by atoms with Crippen molar-refractivity contribution in [2.75, 3.05) is 19.8 Å². The number of hydrogen-bond acceptors (Lipinski definition) is 5. The molecule has 4 rings (SSSR count). The highest BCUT2D eigenvalue weighted by Gasteiger charge is 2.20. The summed E-state index contributed by atoms with van der Waals surface area (Å²) in [6, 6.07) is 12.2. The number of carbonyl (C=O) groups is 2. The van der Waals surface area contributed by atoms with Crippen LogP contribution in [0.25, 0.3) is 10.9 Å². The number of fused-ring (bicyclic) bond motifs is 2. The minimum absolute atomic E-state index is 0.129. The van der Waals surface area contributed by atoms with Crippen LogP contribution < -0.4 is 9.47 Å². The maximum atomic E-state index is 12.4. The quantitative estimate of drug-likeness (QED) is 0.542. The molecule has 0 fully saturated rings. The van der Waals surface area contributed by atoms with Crippen molar-refractivity contribution < 1.29 is 23.8 Å². The number of nitrogens with one attached hydrogen (secondary N) is 1. The zero-order chi connectivity index (χ0) is 18.8. The molecule has 2 aromatic carbocycles. The van der Waals surface area contributed by atoms with Gasteiger partial charge in [0.1, 0.15) is 5.69 Å². The van der Waals surface area contributed by atoms with E-state index in [0.29, 0.717) is 30.3 Å². The second-order valence-corrected chi connectivity index (χ2v) is 6.45. The Morgan fingerprint density at radius 2 is 1.85 bits per heavy atom. The highest BCUT2D eigenvalue weighted by Crippen LogP contribution is 2.31. The summed E-state index contributed by atoms with van der Waals surface area (Å²) >= 11 is 6.23. The van der Waals surface area contributed by atoms with Crippen LogP contribution in [0.15, 0.2) is 42.5 Å². The van der Waals surface area contributed by atoms with Crippen molar-refractivity contribution >= 4 is 34.3 Å². The molecule has 0 atom stereocenters. The molecule has 0 unspecified atom stereocenters. The Balaban J connectivity index is 1.46. The van der Waals surface area contributed by atoms with Crippen molar-refractivity contribution in [1.29, 1.82) is 0 Å². The highest BCUT2D eigenvalue weighted by atomic mass is 35.5. The summed E-state index contributed by atoms with van der Waals surface area (Å²) in [5, 5.41) is 0.999. The summed E-state index contributed by atoms with van der Waals surface area (Å²) in [6.45, 7) is 0.700. The molecule has 7 heteroatoms. The molecule has 0 saturated carbocycles. The van der Waals surface area contributed by atoms with E-state index in [4.69, 9.17) is 25.8 Å². The third-order valence-electron chi connectivity index (χ3n) is 4.25. The number of hydrogen-bond donors (Lipinski definition) is 1. The fourth-order valence-electron chi connectivity index (χ4n) is 2.87. The Morgan fingerprint density at radius 3 is 2.67 bits per heavy atom. The van der Waals surface area contributed by atoms with Crippen LogP contribution in [-0.2, 0) is 4.74 Å². The maximum Gasteiger partial charge on any atom is 0.356 e. The molecular formula is C20H16ClNO5. The van der Waals surface area contributed by atoms with Crippen LogP contribution in [-0.4, -0.2) is 36.6 Å². The Kier molecular flexibility index (Phi) is 4.73. The van der Waals surface area contributed by atoms with Crippen molar-refractivity contribution in [2.24, 2.45) is 0 Å². The Morgan fingerprint density at radius 1 is 1.07 bits per heavy atom. The standard InChI is InChI=1S/C20H16ClNO5/c21-18-13-4-1-2-5-14(13)22-19(18)20(24)27-11-15(23)12-6-7-16-17(10-12)26-9-3-8-25-16/h1-2,4-7,10,22H,3,8-9,11H2. The van der Waals surface area contributed by atoms with E-state index in [0.717, 1.165) is 17.3 Å². The summed E-state index contributed by atoms with van der Waals surface area (Å²) < 4.78 is 16.3. The molecule has 138 valence electrons. The predicted octanol–water partition coefficient (Wildman–Crippen LogP) is 4.02. The number of Topliss-reactive ketones (excluding diaryl/α,β-unsaturated/α-hetero) is 1. The van der Waals surface area contributed by atoms with Crippen molar-refractivity contribution in [3.8, 4) is 11.5 Å². The van der Waals surface area contributed by atoms with Crippen LogP contribution in [0.1, 0.15) is 27.3 Å². The first kappa shape index (κ1) is 17.4. The van der Waals surface area contributed by atoms with Gasteiger partial charge in [-0.15, -0.1) is 0 Å². The first-order valence-electron chi connectivity index (χ1n) is 8.49. The molecule has 1 N–H and O–H groups in total. The predicted molar refractivity (Wildman–Crippen MR) is 100.0 cm³/mol. The van der Waals surface area contributed by atoms with Gasteiger partial charge in [0.05, 0.1) is 18.2 Å². The lowest BCUT2D eigenvalue weighted by Gasteiger charge is -2.09. The summed E-state index contributed by atoms with van der Waals surface area (Å²) in [7, 11) is 0. The van der Waals surface area contributed by atoms with E-state index in [2.05, 4.69) is 4.98 Å². The largest absolute Gasteiger partial charge is 0.490 e. The minimum Gasteiger partial charge on any atom is -0.490 e. The van der Waals surface area contributed by atoms with Crippen LogP contribution >= 0.6 is 11.6 Å².